The fourth-order valence-corrected chi connectivity index (χ4v) is 4.18. The Morgan fingerprint density at radius 1 is 1.00 bits per heavy atom. The van der Waals surface area contributed by atoms with Crippen LogP contribution >= 0.6 is 23.2 Å². The molecule has 0 saturated carbocycles. The van der Waals surface area contributed by atoms with Crippen molar-refractivity contribution in [1.29, 1.82) is 0 Å². The molecule has 0 spiro atoms. The van der Waals surface area contributed by atoms with Crippen molar-refractivity contribution in [3.63, 3.8) is 0 Å². The van der Waals surface area contributed by atoms with Gasteiger partial charge >= 0.3 is 0 Å². The molecule has 0 aliphatic carbocycles. The van der Waals surface area contributed by atoms with Crippen LogP contribution in [0.15, 0.2) is 72.0 Å². The van der Waals surface area contributed by atoms with Crippen LogP contribution in [-0.2, 0) is 6.42 Å². The van der Waals surface area contributed by atoms with Gasteiger partial charge in [-0.25, -0.2) is 4.39 Å². The molecule has 4 rings (SSSR count). The van der Waals surface area contributed by atoms with Gasteiger partial charge in [0.15, 0.2) is 0 Å². The van der Waals surface area contributed by atoms with Crippen molar-refractivity contribution >= 4 is 39.8 Å². The highest BCUT2D eigenvalue weighted by Gasteiger charge is 2.24. The standard InChI is InChI=1S/C24H17Cl2FN2O/c1-14-11-15(4-9-21(14)25)12-20(18-8-6-17(27)13-22(18)26)19-7-5-16-3-2-10-28-23(16)24(19)29-30/h2-11,13,20H,12H2,1H3. The largest absolute Gasteiger partial charge is 0.254 e. The molecule has 0 fully saturated rings. The molecule has 1 heterocycles. The summed E-state index contributed by atoms with van der Waals surface area (Å²) in [6, 6.07) is 17.5. The fraction of sp³-hybridized carbons (Fsp3) is 0.125. The van der Waals surface area contributed by atoms with Crippen molar-refractivity contribution in [3.8, 4) is 0 Å². The third kappa shape index (κ3) is 3.93. The predicted octanol–water partition coefficient (Wildman–Crippen LogP) is 7.76. The van der Waals surface area contributed by atoms with Crippen molar-refractivity contribution in [2.45, 2.75) is 19.3 Å². The molecule has 0 aliphatic rings. The number of aromatic nitrogens is 1. The normalized spacial score (nSPS) is 12.1. The van der Waals surface area contributed by atoms with E-state index < -0.39 is 5.82 Å². The molecule has 0 amide bonds. The second-order valence-electron chi connectivity index (χ2n) is 7.18. The first kappa shape index (κ1) is 20.5. The molecule has 1 aromatic heterocycles. The van der Waals surface area contributed by atoms with Crippen molar-refractivity contribution in [2.24, 2.45) is 5.18 Å². The Labute approximate surface area is 183 Å². The zero-order valence-electron chi connectivity index (χ0n) is 16.1. The molecular weight excluding hydrogens is 422 g/mol. The summed E-state index contributed by atoms with van der Waals surface area (Å²) in [5.74, 6) is -0.739. The number of aryl methyl sites for hydroxylation is 1. The Morgan fingerprint density at radius 2 is 1.80 bits per heavy atom. The number of benzene rings is 3. The van der Waals surface area contributed by atoms with E-state index in [4.69, 9.17) is 23.2 Å². The molecule has 0 aliphatic heterocycles. The summed E-state index contributed by atoms with van der Waals surface area (Å²) in [6.45, 7) is 1.93. The Balaban J connectivity index is 1.92. The van der Waals surface area contributed by atoms with Crippen molar-refractivity contribution in [1.82, 2.24) is 4.98 Å². The van der Waals surface area contributed by atoms with E-state index in [1.54, 1.807) is 18.3 Å². The number of pyridine rings is 1. The molecule has 3 nitrogen and oxygen atoms in total. The zero-order valence-corrected chi connectivity index (χ0v) is 17.6. The molecule has 0 saturated heterocycles. The molecule has 1 unspecified atom stereocenters. The minimum atomic E-state index is -0.418. The number of hydrogen-bond acceptors (Lipinski definition) is 3. The highest BCUT2D eigenvalue weighted by atomic mass is 35.5. The van der Waals surface area contributed by atoms with Gasteiger partial charge in [0.1, 0.15) is 11.5 Å². The number of nitroso groups, excluding NO2 is 1. The van der Waals surface area contributed by atoms with Crippen LogP contribution in [0.1, 0.15) is 28.2 Å². The maximum Gasteiger partial charge on any atom is 0.138 e. The van der Waals surface area contributed by atoms with Crippen LogP contribution in [0.3, 0.4) is 0 Å². The lowest BCUT2D eigenvalue weighted by Gasteiger charge is -2.21. The highest BCUT2D eigenvalue weighted by Crippen LogP contribution is 2.41. The summed E-state index contributed by atoms with van der Waals surface area (Å²) < 4.78 is 13.7. The Hall–Kier alpha value is -2.82. The number of rotatable bonds is 5. The summed E-state index contributed by atoms with van der Waals surface area (Å²) in [6.07, 6.45) is 2.16. The quantitative estimate of drug-likeness (QED) is 0.298. The van der Waals surface area contributed by atoms with Crippen LogP contribution in [0.4, 0.5) is 10.1 Å². The van der Waals surface area contributed by atoms with Crippen LogP contribution in [0.2, 0.25) is 10.0 Å². The summed E-state index contributed by atoms with van der Waals surface area (Å²) in [5, 5.41) is 5.11. The van der Waals surface area contributed by atoms with E-state index in [1.165, 1.54) is 12.1 Å². The number of hydrogen-bond donors (Lipinski definition) is 0. The Kier molecular flexibility index (Phi) is 5.80. The molecule has 0 radical (unpaired) electrons. The lowest BCUT2D eigenvalue weighted by molar-refractivity contribution is 0.626. The maximum absolute atomic E-state index is 13.7. The highest BCUT2D eigenvalue weighted by molar-refractivity contribution is 6.31. The number of halogens is 3. The molecule has 0 N–H and O–H groups in total. The summed E-state index contributed by atoms with van der Waals surface area (Å²) in [5.41, 5.74) is 4.17. The molecule has 1 atom stereocenters. The van der Waals surface area contributed by atoms with E-state index in [0.29, 0.717) is 33.1 Å². The predicted molar refractivity (Wildman–Crippen MR) is 120 cm³/mol. The van der Waals surface area contributed by atoms with E-state index in [-0.39, 0.29) is 11.6 Å². The van der Waals surface area contributed by atoms with Crippen LogP contribution in [0.25, 0.3) is 10.9 Å². The molecular formula is C24H17Cl2FN2O. The van der Waals surface area contributed by atoms with Gasteiger partial charge in [-0.2, -0.15) is 0 Å². The van der Waals surface area contributed by atoms with Crippen molar-refractivity contribution < 1.29 is 4.39 Å². The van der Waals surface area contributed by atoms with E-state index in [2.05, 4.69) is 10.2 Å². The first-order valence-corrected chi connectivity index (χ1v) is 10.1. The number of nitrogens with zero attached hydrogens (tertiary/aromatic N) is 2. The second kappa shape index (κ2) is 8.50. The zero-order chi connectivity index (χ0) is 21.3. The molecule has 30 heavy (non-hydrogen) atoms. The van der Waals surface area contributed by atoms with Gasteiger partial charge in [0.25, 0.3) is 0 Å². The summed E-state index contributed by atoms with van der Waals surface area (Å²) in [7, 11) is 0. The summed E-state index contributed by atoms with van der Waals surface area (Å²) in [4.78, 5) is 16.2. The van der Waals surface area contributed by atoms with Gasteiger partial charge in [0.2, 0.25) is 0 Å². The molecule has 150 valence electrons. The topological polar surface area (TPSA) is 42.3 Å². The smallest absolute Gasteiger partial charge is 0.138 e. The molecule has 3 aromatic carbocycles. The first-order valence-electron chi connectivity index (χ1n) is 9.39. The second-order valence-corrected chi connectivity index (χ2v) is 7.99. The lowest BCUT2D eigenvalue weighted by atomic mass is 9.84. The molecule has 0 bridgehead atoms. The van der Waals surface area contributed by atoms with Crippen molar-refractivity contribution in [3.05, 3.63) is 110 Å². The van der Waals surface area contributed by atoms with E-state index in [1.807, 2.05) is 43.3 Å². The van der Waals surface area contributed by atoms with Gasteiger partial charge < -0.3 is 0 Å². The molecule has 4 aromatic rings. The lowest BCUT2D eigenvalue weighted by Crippen LogP contribution is -2.07. The fourth-order valence-electron chi connectivity index (χ4n) is 3.76. The molecule has 6 heteroatoms. The Bertz CT molecular complexity index is 1260. The minimum Gasteiger partial charge on any atom is -0.254 e. The van der Waals surface area contributed by atoms with Gasteiger partial charge in [0, 0.05) is 27.5 Å². The van der Waals surface area contributed by atoms with Gasteiger partial charge in [0.05, 0.1) is 5.52 Å². The first-order chi connectivity index (χ1) is 14.5. The average molecular weight is 439 g/mol. The van der Waals surface area contributed by atoms with Crippen LogP contribution in [-0.4, -0.2) is 4.98 Å². The monoisotopic (exact) mass is 438 g/mol. The maximum atomic E-state index is 13.7. The van der Waals surface area contributed by atoms with Crippen LogP contribution < -0.4 is 0 Å². The van der Waals surface area contributed by atoms with Gasteiger partial charge in [-0.3, -0.25) is 4.98 Å². The van der Waals surface area contributed by atoms with E-state index >= 15 is 0 Å². The third-order valence-electron chi connectivity index (χ3n) is 5.25. The van der Waals surface area contributed by atoms with Gasteiger partial charge in [-0.05, 0) is 65.0 Å². The summed E-state index contributed by atoms with van der Waals surface area (Å²) >= 11 is 12.6. The third-order valence-corrected chi connectivity index (χ3v) is 6.00. The SMILES string of the molecule is Cc1cc(CC(c2ccc(F)cc2Cl)c2ccc3cccnc3c2N=O)ccc1Cl. The van der Waals surface area contributed by atoms with Crippen molar-refractivity contribution in [2.75, 3.05) is 0 Å². The van der Waals surface area contributed by atoms with E-state index in [9.17, 15) is 9.30 Å². The van der Waals surface area contributed by atoms with Gasteiger partial charge in [-0.1, -0.05) is 59.6 Å². The van der Waals surface area contributed by atoms with Crippen LogP contribution in [0, 0.1) is 17.6 Å². The number of fused-ring (bicyclic) bond motifs is 1. The van der Waals surface area contributed by atoms with Gasteiger partial charge in [-0.15, -0.1) is 4.91 Å². The minimum absolute atomic E-state index is 0.268. The average Bonchev–Trinajstić information content (AvgIpc) is 2.74. The van der Waals surface area contributed by atoms with E-state index in [0.717, 1.165) is 16.5 Å². The van der Waals surface area contributed by atoms with Crippen LogP contribution in [0.5, 0.6) is 0 Å². The Morgan fingerprint density at radius 3 is 2.53 bits per heavy atom.